The van der Waals surface area contributed by atoms with Gasteiger partial charge in [-0.1, -0.05) is 94.9 Å². The van der Waals surface area contributed by atoms with E-state index in [2.05, 4.69) is 57.8 Å². The summed E-state index contributed by atoms with van der Waals surface area (Å²) in [6.45, 7) is 4.33. The van der Waals surface area contributed by atoms with Crippen molar-refractivity contribution >= 4 is 31.9 Å². The van der Waals surface area contributed by atoms with Crippen LogP contribution in [0.1, 0.15) is 72.9 Å². The summed E-state index contributed by atoms with van der Waals surface area (Å²) in [5.41, 5.74) is 6.17. The number of hydrogen-bond acceptors (Lipinski definition) is 2. The lowest BCUT2D eigenvalue weighted by Gasteiger charge is -2.14. The van der Waals surface area contributed by atoms with E-state index in [1.165, 1.54) is 0 Å². The molecule has 0 heterocycles. The fourth-order valence-electron chi connectivity index (χ4n) is 4.02. The van der Waals surface area contributed by atoms with Gasteiger partial charge in [-0.25, -0.2) is 0 Å². The molecule has 32 heavy (non-hydrogen) atoms. The molecule has 0 bridgehead atoms. The lowest BCUT2D eigenvalue weighted by Crippen LogP contribution is -1.98. The van der Waals surface area contributed by atoms with Crippen LogP contribution in [0.3, 0.4) is 0 Å². The second-order valence-electron chi connectivity index (χ2n) is 8.45. The molecular weight excluding hydrogens is 528 g/mol. The topological polar surface area (TPSA) is 40.5 Å². The van der Waals surface area contributed by atoms with E-state index < -0.39 is 0 Å². The molecule has 3 aromatic carbocycles. The first-order valence-corrected chi connectivity index (χ1v) is 13.1. The third-order valence-corrected chi connectivity index (χ3v) is 7.46. The Balaban J connectivity index is 1.82. The number of rotatable bonds is 10. The normalized spacial score (nSPS) is 11.1. The van der Waals surface area contributed by atoms with Crippen LogP contribution in [0.15, 0.2) is 57.5 Å². The summed E-state index contributed by atoms with van der Waals surface area (Å²) in [6, 6.07) is 16.3. The van der Waals surface area contributed by atoms with Crippen molar-refractivity contribution in [3.05, 3.63) is 90.9 Å². The predicted octanol–water partition coefficient (Wildman–Crippen LogP) is 8.49. The molecule has 0 aliphatic carbocycles. The molecule has 2 N–H and O–H groups in total. The fourth-order valence-corrected chi connectivity index (χ4v) is 5.08. The Hall–Kier alpha value is -1.78. The number of benzene rings is 3. The van der Waals surface area contributed by atoms with Gasteiger partial charge in [0.1, 0.15) is 11.5 Å². The molecule has 170 valence electrons. The largest absolute Gasteiger partial charge is 0.507 e. The lowest BCUT2D eigenvalue weighted by molar-refractivity contribution is 0.460. The van der Waals surface area contributed by atoms with Crippen molar-refractivity contribution in [2.24, 2.45) is 0 Å². The highest BCUT2D eigenvalue weighted by atomic mass is 79.9. The zero-order valence-electron chi connectivity index (χ0n) is 18.9. The van der Waals surface area contributed by atoms with Crippen LogP contribution >= 0.6 is 31.9 Å². The highest BCUT2D eigenvalue weighted by Crippen LogP contribution is 2.34. The van der Waals surface area contributed by atoms with Crippen LogP contribution in [-0.2, 0) is 25.7 Å². The van der Waals surface area contributed by atoms with Crippen molar-refractivity contribution in [1.29, 1.82) is 0 Å². The minimum atomic E-state index is 0.418. The molecule has 0 amide bonds. The van der Waals surface area contributed by atoms with Gasteiger partial charge in [0.05, 0.1) is 0 Å². The number of unbranched alkanes of at least 4 members (excludes halogenated alkanes) is 2. The van der Waals surface area contributed by atoms with Gasteiger partial charge < -0.3 is 10.2 Å². The van der Waals surface area contributed by atoms with Crippen molar-refractivity contribution in [2.45, 2.75) is 65.2 Å². The Morgan fingerprint density at radius 2 is 0.969 bits per heavy atom. The quantitative estimate of drug-likeness (QED) is 0.261. The van der Waals surface area contributed by atoms with Gasteiger partial charge in [-0.05, 0) is 71.2 Å². The summed E-state index contributed by atoms with van der Waals surface area (Å²) in [5.74, 6) is 0.837. The fraction of sp³-hybridized carbons (Fsp3) is 0.357. The molecule has 3 aromatic rings. The van der Waals surface area contributed by atoms with Crippen LogP contribution in [0.4, 0.5) is 0 Å². The summed E-state index contributed by atoms with van der Waals surface area (Å²) in [6.07, 6.45) is 7.50. The molecule has 0 aliphatic rings. The van der Waals surface area contributed by atoms with Crippen LogP contribution in [-0.4, -0.2) is 10.2 Å². The molecule has 0 fully saturated rings. The Bertz CT molecular complexity index is 974. The predicted molar refractivity (Wildman–Crippen MR) is 141 cm³/mol. The molecule has 0 saturated carbocycles. The molecular formula is C28H32Br2O2. The van der Waals surface area contributed by atoms with Crippen LogP contribution in [0, 0.1) is 0 Å². The van der Waals surface area contributed by atoms with Crippen LogP contribution in [0.5, 0.6) is 11.5 Å². The third kappa shape index (κ3) is 6.17. The van der Waals surface area contributed by atoms with Crippen molar-refractivity contribution in [3.8, 4) is 11.5 Å². The van der Waals surface area contributed by atoms with Gasteiger partial charge in [-0.3, -0.25) is 0 Å². The number of aromatic hydroxyl groups is 2. The van der Waals surface area contributed by atoms with Crippen molar-refractivity contribution in [1.82, 2.24) is 0 Å². The summed E-state index contributed by atoms with van der Waals surface area (Å²) in [4.78, 5) is 0. The Labute approximate surface area is 209 Å². The van der Waals surface area contributed by atoms with E-state index in [0.29, 0.717) is 24.3 Å². The molecule has 3 rings (SSSR count). The first-order chi connectivity index (χ1) is 15.4. The average molecular weight is 560 g/mol. The van der Waals surface area contributed by atoms with E-state index in [-0.39, 0.29) is 0 Å². The summed E-state index contributed by atoms with van der Waals surface area (Å²) in [7, 11) is 0. The molecule has 0 saturated heterocycles. The maximum Gasteiger partial charge on any atom is 0.122 e. The second kappa shape index (κ2) is 11.9. The van der Waals surface area contributed by atoms with Gasteiger partial charge in [-0.15, -0.1) is 0 Å². The molecule has 0 aromatic heterocycles. The first kappa shape index (κ1) is 24.9. The number of phenolic OH excluding ortho intramolecular Hbond substituents is 2. The standard InChI is InChI=1S/C28H32Br2O2/c1-3-5-9-19-11-7-13-21(27(19)31)15-23-17-26(30)24(18-25(23)29)16-22-14-8-12-20(28(22)32)10-6-4-2/h7-8,11-14,17-18,31-32H,3-6,9-10,15-16H2,1-2H3. The second-order valence-corrected chi connectivity index (χ2v) is 10.2. The van der Waals surface area contributed by atoms with Crippen molar-refractivity contribution < 1.29 is 10.2 Å². The van der Waals surface area contributed by atoms with E-state index in [4.69, 9.17) is 0 Å². The van der Waals surface area contributed by atoms with E-state index in [1.807, 2.05) is 36.4 Å². The first-order valence-electron chi connectivity index (χ1n) is 11.5. The minimum Gasteiger partial charge on any atom is -0.507 e. The zero-order chi connectivity index (χ0) is 23.1. The highest BCUT2D eigenvalue weighted by Gasteiger charge is 2.14. The van der Waals surface area contributed by atoms with Crippen molar-refractivity contribution in [3.63, 3.8) is 0 Å². The molecule has 4 heteroatoms. The SMILES string of the molecule is CCCCc1cccc(Cc2cc(Br)c(Cc3cccc(CCCC)c3O)cc2Br)c1O. The summed E-state index contributed by atoms with van der Waals surface area (Å²) < 4.78 is 2.02. The van der Waals surface area contributed by atoms with Crippen LogP contribution in [0.25, 0.3) is 0 Å². The Kier molecular flexibility index (Phi) is 9.24. The number of phenols is 2. The van der Waals surface area contributed by atoms with E-state index >= 15 is 0 Å². The molecule has 0 spiro atoms. The third-order valence-electron chi connectivity index (χ3n) is 5.98. The van der Waals surface area contributed by atoms with E-state index in [9.17, 15) is 10.2 Å². The van der Waals surface area contributed by atoms with Gasteiger partial charge in [0, 0.05) is 21.8 Å². The number of hydrogen-bond donors (Lipinski definition) is 2. The molecule has 0 atom stereocenters. The number of para-hydroxylation sites is 2. The van der Waals surface area contributed by atoms with Gasteiger partial charge in [0.25, 0.3) is 0 Å². The number of aryl methyl sites for hydroxylation is 2. The van der Waals surface area contributed by atoms with Crippen molar-refractivity contribution in [2.75, 3.05) is 0 Å². The molecule has 0 aliphatic heterocycles. The van der Waals surface area contributed by atoms with Crippen LogP contribution in [0.2, 0.25) is 0 Å². The smallest absolute Gasteiger partial charge is 0.122 e. The van der Waals surface area contributed by atoms with Gasteiger partial charge in [0.15, 0.2) is 0 Å². The van der Waals surface area contributed by atoms with E-state index in [0.717, 1.165) is 80.9 Å². The van der Waals surface area contributed by atoms with Gasteiger partial charge in [0.2, 0.25) is 0 Å². The van der Waals surface area contributed by atoms with Gasteiger partial charge in [-0.2, -0.15) is 0 Å². The Morgan fingerprint density at radius 1 is 0.594 bits per heavy atom. The Morgan fingerprint density at radius 3 is 1.34 bits per heavy atom. The molecule has 0 unspecified atom stereocenters. The zero-order valence-corrected chi connectivity index (χ0v) is 22.1. The average Bonchev–Trinajstić information content (AvgIpc) is 2.78. The van der Waals surface area contributed by atoms with E-state index in [1.54, 1.807) is 0 Å². The molecule has 0 radical (unpaired) electrons. The summed E-state index contributed by atoms with van der Waals surface area (Å²) >= 11 is 7.48. The maximum atomic E-state index is 10.7. The lowest BCUT2D eigenvalue weighted by atomic mass is 9.96. The maximum absolute atomic E-state index is 10.7. The minimum absolute atomic E-state index is 0.418. The summed E-state index contributed by atoms with van der Waals surface area (Å²) in [5, 5.41) is 21.5. The number of halogens is 2. The van der Waals surface area contributed by atoms with Crippen LogP contribution < -0.4 is 0 Å². The highest BCUT2D eigenvalue weighted by molar-refractivity contribution is 9.11. The monoisotopic (exact) mass is 558 g/mol. The van der Waals surface area contributed by atoms with Gasteiger partial charge >= 0.3 is 0 Å². The molecule has 2 nitrogen and oxygen atoms in total.